The lowest BCUT2D eigenvalue weighted by Crippen LogP contribution is -2.55. The van der Waals surface area contributed by atoms with Crippen molar-refractivity contribution in [2.24, 2.45) is 11.8 Å². The van der Waals surface area contributed by atoms with Crippen molar-refractivity contribution in [2.45, 2.75) is 52.5 Å². The molecule has 5 heteroatoms. The van der Waals surface area contributed by atoms with Gasteiger partial charge in [0.1, 0.15) is 5.54 Å². The Balaban J connectivity index is 2.61. The zero-order valence-electron chi connectivity index (χ0n) is 12.4. The van der Waals surface area contributed by atoms with E-state index in [1.807, 2.05) is 6.92 Å². The summed E-state index contributed by atoms with van der Waals surface area (Å²) in [6.07, 6.45) is 2.16. The third kappa shape index (κ3) is 3.85. The standard InChI is InChI=1S/C14H26N2O3/c1-5-7-14(4,12(17)18)15-13(19)16-8-6-11(9-16)10(2)3/h10-11H,5-9H2,1-4H3,(H,15,19)(H,17,18). The van der Waals surface area contributed by atoms with Crippen LogP contribution in [0.3, 0.4) is 0 Å². The third-order valence-electron chi connectivity index (χ3n) is 4.06. The molecule has 110 valence electrons. The van der Waals surface area contributed by atoms with Gasteiger partial charge in [-0.1, -0.05) is 27.2 Å². The highest BCUT2D eigenvalue weighted by atomic mass is 16.4. The first kappa shape index (κ1) is 15.8. The van der Waals surface area contributed by atoms with Crippen molar-refractivity contribution < 1.29 is 14.7 Å². The summed E-state index contributed by atoms with van der Waals surface area (Å²) in [6, 6.07) is -0.249. The summed E-state index contributed by atoms with van der Waals surface area (Å²) in [7, 11) is 0. The average molecular weight is 270 g/mol. The largest absolute Gasteiger partial charge is 0.480 e. The van der Waals surface area contributed by atoms with E-state index in [1.165, 1.54) is 0 Å². The average Bonchev–Trinajstić information content (AvgIpc) is 2.78. The van der Waals surface area contributed by atoms with Crippen molar-refractivity contribution in [3.63, 3.8) is 0 Å². The predicted molar refractivity (Wildman–Crippen MR) is 74.0 cm³/mol. The number of nitrogens with zero attached hydrogens (tertiary/aromatic N) is 1. The van der Waals surface area contributed by atoms with Crippen LogP contribution in [0.1, 0.15) is 47.0 Å². The Morgan fingerprint density at radius 2 is 2.11 bits per heavy atom. The minimum Gasteiger partial charge on any atom is -0.480 e. The van der Waals surface area contributed by atoms with Gasteiger partial charge in [0.2, 0.25) is 0 Å². The molecule has 0 bridgehead atoms. The summed E-state index contributed by atoms with van der Waals surface area (Å²) in [5.74, 6) is 0.106. The highest BCUT2D eigenvalue weighted by molar-refractivity contribution is 5.86. The van der Waals surface area contributed by atoms with Crippen LogP contribution in [0.15, 0.2) is 0 Å². The molecule has 19 heavy (non-hydrogen) atoms. The van der Waals surface area contributed by atoms with Gasteiger partial charge in [-0.2, -0.15) is 0 Å². The van der Waals surface area contributed by atoms with Crippen LogP contribution in [-0.4, -0.2) is 40.6 Å². The Kier molecular flexibility index (Phi) is 5.20. The second kappa shape index (κ2) is 6.26. The fraction of sp³-hybridized carbons (Fsp3) is 0.857. The maximum Gasteiger partial charge on any atom is 0.329 e. The number of nitrogens with one attached hydrogen (secondary N) is 1. The van der Waals surface area contributed by atoms with Gasteiger partial charge in [-0.15, -0.1) is 0 Å². The molecule has 1 aliphatic heterocycles. The molecular weight excluding hydrogens is 244 g/mol. The number of likely N-dealkylation sites (tertiary alicyclic amines) is 1. The number of hydrogen-bond donors (Lipinski definition) is 2. The molecule has 1 fully saturated rings. The molecule has 0 radical (unpaired) electrons. The summed E-state index contributed by atoms with van der Waals surface area (Å²) in [4.78, 5) is 25.2. The van der Waals surface area contributed by atoms with Crippen LogP contribution in [0.25, 0.3) is 0 Å². The molecule has 1 aliphatic rings. The molecule has 2 atom stereocenters. The second-order valence-corrected chi connectivity index (χ2v) is 6.06. The van der Waals surface area contributed by atoms with E-state index in [2.05, 4.69) is 19.2 Å². The van der Waals surface area contributed by atoms with E-state index in [0.717, 1.165) is 25.9 Å². The van der Waals surface area contributed by atoms with Crippen LogP contribution in [0.5, 0.6) is 0 Å². The van der Waals surface area contributed by atoms with Crippen molar-refractivity contribution in [1.29, 1.82) is 0 Å². The van der Waals surface area contributed by atoms with Crippen molar-refractivity contribution in [3.05, 3.63) is 0 Å². The maximum atomic E-state index is 12.2. The summed E-state index contributed by atoms with van der Waals surface area (Å²) < 4.78 is 0. The summed E-state index contributed by atoms with van der Waals surface area (Å²) in [5, 5.41) is 11.9. The molecule has 0 aromatic carbocycles. The Labute approximate surface area is 115 Å². The number of carbonyl (C=O) groups is 2. The van der Waals surface area contributed by atoms with Crippen molar-refractivity contribution in [2.75, 3.05) is 13.1 Å². The van der Waals surface area contributed by atoms with E-state index in [4.69, 9.17) is 0 Å². The van der Waals surface area contributed by atoms with Crippen LogP contribution in [-0.2, 0) is 4.79 Å². The van der Waals surface area contributed by atoms with E-state index in [9.17, 15) is 14.7 Å². The summed E-state index contributed by atoms with van der Waals surface area (Å²) in [5.41, 5.74) is -1.16. The molecule has 0 spiro atoms. The second-order valence-electron chi connectivity index (χ2n) is 6.06. The molecule has 1 saturated heterocycles. The number of rotatable bonds is 5. The normalized spacial score (nSPS) is 22.4. The molecule has 2 N–H and O–H groups in total. The number of carboxylic acids is 1. The lowest BCUT2D eigenvalue weighted by Gasteiger charge is -2.29. The number of carboxylic acid groups (broad SMARTS) is 1. The van der Waals surface area contributed by atoms with Gasteiger partial charge in [-0.3, -0.25) is 0 Å². The summed E-state index contributed by atoms with van der Waals surface area (Å²) >= 11 is 0. The smallest absolute Gasteiger partial charge is 0.329 e. The van der Waals surface area contributed by atoms with Gasteiger partial charge in [-0.05, 0) is 31.6 Å². The Hall–Kier alpha value is -1.26. The number of hydrogen-bond acceptors (Lipinski definition) is 2. The quantitative estimate of drug-likeness (QED) is 0.805. The first-order chi connectivity index (χ1) is 8.80. The van der Waals surface area contributed by atoms with Crippen LogP contribution in [0.4, 0.5) is 4.79 Å². The Morgan fingerprint density at radius 3 is 2.53 bits per heavy atom. The molecule has 2 amide bonds. The number of aliphatic carboxylic acids is 1. The molecule has 2 unspecified atom stereocenters. The van der Waals surface area contributed by atoms with Crippen molar-refractivity contribution >= 4 is 12.0 Å². The lowest BCUT2D eigenvalue weighted by molar-refractivity contribution is -0.144. The maximum absolute atomic E-state index is 12.2. The fourth-order valence-electron chi connectivity index (χ4n) is 2.55. The van der Waals surface area contributed by atoms with E-state index < -0.39 is 11.5 Å². The highest BCUT2D eigenvalue weighted by Crippen LogP contribution is 2.24. The zero-order valence-corrected chi connectivity index (χ0v) is 12.4. The molecule has 1 heterocycles. The van der Waals surface area contributed by atoms with Gasteiger partial charge in [0.15, 0.2) is 0 Å². The van der Waals surface area contributed by atoms with Gasteiger partial charge in [0.25, 0.3) is 0 Å². The van der Waals surface area contributed by atoms with E-state index in [0.29, 0.717) is 18.3 Å². The third-order valence-corrected chi connectivity index (χ3v) is 4.06. The Bertz CT molecular complexity index is 344. The van der Waals surface area contributed by atoms with Crippen LogP contribution >= 0.6 is 0 Å². The molecule has 0 aliphatic carbocycles. The topological polar surface area (TPSA) is 69.6 Å². The zero-order chi connectivity index (χ0) is 14.6. The minimum atomic E-state index is -1.16. The van der Waals surface area contributed by atoms with Gasteiger partial charge in [-0.25, -0.2) is 9.59 Å². The monoisotopic (exact) mass is 270 g/mol. The summed E-state index contributed by atoms with van der Waals surface area (Å²) in [6.45, 7) is 9.25. The molecule has 5 nitrogen and oxygen atoms in total. The van der Waals surface area contributed by atoms with E-state index in [-0.39, 0.29) is 6.03 Å². The Morgan fingerprint density at radius 1 is 1.47 bits per heavy atom. The fourth-order valence-corrected chi connectivity index (χ4v) is 2.55. The van der Waals surface area contributed by atoms with Crippen molar-refractivity contribution in [3.8, 4) is 0 Å². The lowest BCUT2D eigenvalue weighted by atomic mass is 9.95. The first-order valence-electron chi connectivity index (χ1n) is 7.10. The van der Waals surface area contributed by atoms with Gasteiger partial charge in [0.05, 0.1) is 0 Å². The van der Waals surface area contributed by atoms with E-state index >= 15 is 0 Å². The van der Waals surface area contributed by atoms with Crippen molar-refractivity contribution in [1.82, 2.24) is 10.2 Å². The van der Waals surface area contributed by atoms with Crippen LogP contribution in [0.2, 0.25) is 0 Å². The molecule has 0 aromatic rings. The number of amides is 2. The minimum absolute atomic E-state index is 0.249. The molecule has 0 saturated carbocycles. The van der Waals surface area contributed by atoms with Gasteiger partial charge in [0, 0.05) is 13.1 Å². The highest BCUT2D eigenvalue weighted by Gasteiger charge is 2.37. The van der Waals surface area contributed by atoms with E-state index in [1.54, 1.807) is 11.8 Å². The molecule has 1 rings (SSSR count). The first-order valence-corrected chi connectivity index (χ1v) is 7.10. The van der Waals surface area contributed by atoms with Crippen LogP contribution < -0.4 is 5.32 Å². The predicted octanol–water partition coefficient (Wildman–Crippen LogP) is 2.32. The molecular formula is C14H26N2O3. The number of carbonyl (C=O) groups excluding carboxylic acids is 1. The molecule has 0 aromatic heterocycles. The number of urea groups is 1. The van der Waals surface area contributed by atoms with Gasteiger partial charge >= 0.3 is 12.0 Å². The SMILES string of the molecule is CCCC(C)(NC(=O)N1CCC(C(C)C)C1)C(=O)O. The van der Waals surface area contributed by atoms with Gasteiger partial charge < -0.3 is 15.3 Å². The van der Waals surface area contributed by atoms with Crippen LogP contribution in [0, 0.1) is 11.8 Å².